The van der Waals surface area contributed by atoms with E-state index in [0.29, 0.717) is 6.04 Å². The van der Waals surface area contributed by atoms with Gasteiger partial charge in [-0.2, -0.15) is 0 Å². The van der Waals surface area contributed by atoms with Gasteiger partial charge in [0.1, 0.15) is 0 Å². The van der Waals surface area contributed by atoms with E-state index in [9.17, 15) is 0 Å². The Morgan fingerprint density at radius 2 is 2.08 bits per heavy atom. The zero-order valence-electron chi connectivity index (χ0n) is 14.8. The van der Waals surface area contributed by atoms with Crippen molar-refractivity contribution in [3.63, 3.8) is 0 Å². The summed E-state index contributed by atoms with van der Waals surface area (Å²) in [5.74, 6) is 0. The average Bonchev–Trinajstić information content (AvgIpc) is 3.03. The highest BCUT2D eigenvalue weighted by atomic mass is 15.5. The maximum Gasteiger partial charge on any atom is 0.0727 e. The Bertz CT molecular complexity index is 858. The summed E-state index contributed by atoms with van der Waals surface area (Å²) < 4.78 is 0. The van der Waals surface area contributed by atoms with Crippen molar-refractivity contribution in [2.45, 2.75) is 51.0 Å². The van der Waals surface area contributed by atoms with Crippen molar-refractivity contribution in [1.82, 2.24) is 15.4 Å². The number of H-pyrrole nitrogens is 1. The summed E-state index contributed by atoms with van der Waals surface area (Å²) in [4.78, 5) is 3.80. The highest BCUT2D eigenvalue weighted by Gasteiger charge is 2.33. The van der Waals surface area contributed by atoms with Crippen LogP contribution in [0.1, 0.15) is 56.0 Å². The molecule has 1 aliphatic carbocycles. The van der Waals surface area contributed by atoms with E-state index < -0.39 is 0 Å². The van der Waals surface area contributed by atoms with Gasteiger partial charge >= 0.3 is 0 Å². The quantitative estimate of drug-likeness (QED) is 0.687. The molecule has 3 N–H and O–H groups in total. The number of hydrogen-bond acceptors (Lipinski definition) is 3. The lowest BCUT2D eigenvalue weighted by Gasteiger charge is -2.34. The first-order valence-corrected chi connectivity index (χ1v) is 9.13. The smallest absolute Gasteiger partial charge is 0.0727 e. The minimum Gasteiger partial charge on any atom is -0.384 e. The number of fused-ring (bicyclic) bond motifs is 7. The number of benzene rings is 1. The van der Waals surface area contributed by atoms with Crippen LogP contribution < -0.4 is 10.7 Å². The lowest BCUT2D eigenvalue weighted by atomic mass is 9.86. The molecule has 3 aliphatic rings. The number of aromatic amines is 1. The average molecular weight is 322 g/mol. The summed E-state index contributed by atoms with van der Waals surface area (Å²) in [5, 5.41) is 7.28. The maximum absolute atomic E-state index is 3.80. The molecule has 4 heteroatoms. The second kappa shape index (κ2) is 4.79. The SMILES string of the molecule is CN1NC=C2CCCc3c([nH]c4cc5c(cc34)NCC5(C)C)C1C2. The van der Waals surface area contributed by atoms with Gasteiger partial charge in [0, 0.05) is 47.5 Å². The van der Waals surface area contributed by atoms with Crippen LogP contribution in [0.15, 0.2) is 23.9 Å². The van der Waals surface area contributed by atoms with Crippen LogP contribution in [0, 0.1) is 0 Å². The van der Waals surface area contributed by atoms with Gasteiger partial charge in [-0.25, -0.2) is 5.01 Å². The van der Waals surface area contributed by atoms with Crippen LogP contribution in [0.3, 0.4) is 0 Å². The number of aromatic nitrogens is 1. The van der Waals surface area contributed by atoms with E-state index in [1.54, 1.807) is 5.57 Å². The summed E-state index contributed by atoms with van der Waals surface area (Å²) in [5.41, 5.74) is 12.2. The summed E-state index contributed by atoms with van der Waals surface area (Å²) >= 11 is 0. The van der Waals surface area contributed by atoms with E-state index >= 15 is 0 Å². The molecule has 2 aliphatic heterocycles. The van der Waals surface area contributed by atoms with Crippen LogP contribution in [-0.2, 0) is 11.8 Å². The number of nitrogens with one attached hydrogen (secondary N) is 3. The van der Waals surface area contributed by atoms with Crippen LogP contribution in [0.5, 0.6) is 0 Å². The van der Waals surface area contributed by atoms with E-state index in [1.807, 2.05) is 0 Å². The lowest BCUT2D eigenvalue weighted by molar-refractivity contribution is 0.171. The second-order valence-corrected chi connectivity index (χ2v) is 8.31. The predicted molar refractivity (Wildman–Crippen MR) is 99.1 cm³/mol. The minimum atomic E-state index is 0.210. The Morgan fingerprint density at radius 3 is 2.96 bits per heavy atom. The Balaban J connectivity index is 1.71. The highest BCUT2D eigenvalue weighted by molar-refractivity contribution is 5.90. The summed E-state index contributed by atoms with van der Waals surface area (Å²) in [7, 11) is 2.15. The molecule has 0 amide bonds. The van der Waals surface area contributed by atoms with Gasteiger partial charge in [-0.15, -0.1) is 0 Å². The van der Waals surface area contributed by atoms with Gasteiger partial charge in [-0.05, 0) is 48.9 Å². The monoisotopic (exact) mass is 322 g/mol. The van der Waals surface area contributed by atoms with E-state index in [0.717, 1.165) is 13.0 Å². The van der Waals surface area contributed by atoms with Crippen molar-refractivity contribution in [1.29, 1.82) is 0 Å². The molecule has 1 aromatic heterocycles. The molecule has 2 aromatic rings. The highest BCUT2D eigenvalue weighted by Crippen LogP contribution is 2.43. The largest absolute Gasteiger partial charge is 0.384 e. The van der Waals surface area contributed by atoms with Crippen LogP contribution in [0.25, 0.3) is 10.9 Å². The second-order valence-electron chi connectivity index (χ2n) is 8.31. The van der Waals surface area contributed by atoms with Crippen LogP contribution in [0.2, 0.25) is 0 Å². The molecule has 0 radical (unpaired) electrons. The molecular weight excluding hydrogens is 296 g/mol. The molecule has 0 saturated heterocycles. The van der Waals surface area contributed by atoms with E-state index in [4.69, 9.17) is 0 Å². The van der Waals surface area contributed by atoms with Crippen molar-refractivity contribution in [3.8, 4) is 0 Å². The van der Waals surface area contributed by atoms with Crippen LogP contribution in [-0.4, -0.2) is 23.6 Å². The first-order valence-electron chi connectivity index (χ1n) is 9.13. The molecular formula is C20H26N4. The summed E-state index contributed by atoms with van der Waals surface area (Å²) in [6.07, 6.45) is 6.94. The fraction of sp³-hybridized carbons (Fsp3) is 0.500. The van der Waals surface area contributed by atoms with E-state index in [-0.39, 0.29) is 5.41 Å². The minimum absolute atomic E-state index is 0.210. The summed E-state index contributed by atoms with van der Waals surface area (Å²) in [6.45, 7) is 5.68. The van der Waals surface area contributed by atoms with Gasteiger partial charge in [-0.1, -0.05) is 19.4 Å². The van der Waals surface area contributed by atoms with Crippen molar-refractivity contribution in [2.24, 2.45) is 0 Å². The Labute approximate surface area is 143 Å². The molecule has 0 spiro atoms. The predicted octanol–water partition coefficient (Wildman–Crippen LogP) is 3.97. The molecule has 1 atom stereocenters. The molecule has 1 unspecified atom stereocenters. The molecule has 2 bridgehead atoms. The van der Waals surface area contributed by atoms with E-state index in [1.165, 1.54) is 52.7 Å². The maximum atomic E-state index is 3.80. The van der Waals surface area contributed by atoms with Crippen molar-refractivity contribution >= 4 is 16.6 Å². The van der Waals surface area contributed by atoms with Crippen molar-refractivity contribution in [3.05, 3.63) is 40.7 Å². The zero-order chi connectivity index (χ0) is 16.5. The summed E-state index contributed by atoms with van der Waals surface area (Å²) in [6, 6.07) is 5.19. The normalized spacial score (nSPS) is 25.1. The Kier molecular flexibility index (Phi) is 2.88. The molecule has 24 heavy (non-hydrogen) atoms. The molecule has 0 saturated carbocycles. The topological polar surface area (TPSA) is 43.1 Å². The molecule has 1 aromatic carbocycles. The third-order valence-corrected chi connectivity index (χ3v) is 6.18. The first-order chi connectivity index (χ1) is 11.5. The zero-order valence-corrected chi connectivity index (χ0v) is 14.8. The first kappa shape index (κ1) is 14.4. The lowest BCUT2D eigenvalue weighted by Crippen LogP contribution is -2.39. The molecule has 126 valence electrons. The fourth-order valence-corrected chi connectivity index (χ4v) is 4.68. The van der Waals surface area contributed by atoms with Crippen LogP contribution in [0.4, 0.5) is 5.69 Å². The number of nitrogens with zero attached hydrogens (tertiary/aromatic N) is 1. The number of hydrazine groups is 1. The van der Waals surface area contributed by atoms with Crippen molar-refractivity contribution in [2.75, 3.05) is 18.9 Å². The molecule has 5 rings (SSSR count). The Hall–Kier alpha value is -1.94. The number of aryl methyl sites for hydroxylation is 1. The van der Waals surface area contributed by atoms with E-state index in [2.05, 4.69) is 60.0 Å². The van der Waals surface area contributed by atoms with Gasteiger partial charge in [-0.3, -0.25) is 0 Å². The van der Waals surface area contributed by atoms with Gasteiger partial charge in [0.05, 0.1) is 6.04 Å². The number of rotatable bonds is 0. The molecule has 3 heterocycles. The number of hydrogen-bond donors (Lipinski definition) is 3. The van der Waals surface area contributed by atoms with Gasteiger partial charge in [0.2, 0.25) is 0 Å². The third kappa shape index (κ3) is 1.95. The van der Waals surface area contributed by atoms with Crippen LogP contribution >= 0.6 is 0 Å². The third-order valence-electron chi connectivity index (χ3n) is 6.18. The van der Waals surface area contributed by atoms with Gasteiger partial charge < -0.3 is 15.7 Å². The molecule has 4 nitrogen and oxygen atoms in total. The Morgan fingerprint density at radius 1 is 1.21 bits per heavy atom. The van der Waals surface area contributed by atoms with Gasteiger partial charge in [0.25, 0.3) is 0 Å². The van der Waals surface area contributed by atoms with Gasteiger partial charge in [0.15, 0.2) is 0 Å². The van der Waals surface area contributed by atoms with Crippen molar-refractivity contribution < 1.29 is 0 Å². The number of anilines is 1. The fourth-order valence-electron chi connectivity index (χ4n) is 4.68. The standard InChI is InChI=1S/C20H26N4/c1-20(2)11-21-17-8-14-13-6-4-5-12-7-18(24(3)22-10-12)19(13)23-16(14)9-15(17)20/h8-10,18,21-23H,4-7,11H2,1-3H3. The molecule has 0 fully saturated rings.